The standard InChI is InChI=1S/C16H20N2O3S/c1-18(11-12-5-2-8-15(12)19)22(20,21)16-9-3-7-14-13(16)6-4-10-17-14/h3-4,6-7,9-10,12,15,19H,2,5,8,11H2,1H3. The number of nitrogens with zero attached hydrogens (tertiary/aromatic N) is 2. The molecule has 1 fully saturated rings. The van der Waals surface area contributed by atoms with E-state index in [1.54, 1.807) is 43.6 Å². The third-order valence-electron chi connectivity index (χ3n) is 4.40. The number of rotatable bonds is 4. The van der Waals surface area contributed by atoms with Crippen LogP contribution in [0.2, 0.25) is 0 Å². The highest BCUT2D eigenvalue weighted by molar-refractivity contribution is 7.89. The number of aromatic nitrogens is 1. The van der Waals surface area contributed by atoms with Crippen LogP contribution >= 0.6 is 0 Å². The van der Waals surface area contributed by atoms with Crippen molar-refractivity contribution in [3.8, 4) is 0 Å². The first-order valence-corrected chi connectivity index (χ1v) is 8.92. The number of hydrogen-bond acceptors (Lipinski definition) is 4. The fraction of sp³-hybridized carbons (Fsp3) is 0.438. The van der Waals surface area contributed by atoms with Gasteiger partial charge in [-0.15, -0.1) is 0 Å². The second kappa shape index (κ2) is 5.95. The first-order valence-electron chi connectivity index (χ1n) is 7.48. The average Bonchev–Trinajstić information content (AvgIpc) is 2.91. The van der Waals surface area contributed by atoms with Crippen LogP contribution in [-0.2, 0) is 10.0 Å². The van der Waals surface area contributed by atoms with Gasteiger partial charge in [-0.1, -0.05) is 12.5 Å². The third kappa shape index (κ3) is 2.74. The second-order valence-electron chi connectivity index (χ2n) is 5.87. The second-order valence-corrected chi connectivity index (χ2v) is 7.88. The molecule has 0 spiro atoms. The minimum Gasteiger partial charge on any atom is -0.393 e. The average molecular weight is 320 g/mol. The van der Waals surface area contributed by atoms with Crippen LogP contribution in [-0.4, -0.2) is 42.5 Å². The summed E-state index contributed by atoms with van der Waals surface area (Å²) >= 11 is 0. The molecule has 0 aliphatic heterocycles. The quantitative estimate of drug-likeness (QED) is 0.935. The lowest BCUT2D eigenvalue weighted by atomic mass is 10.1. The largest absolute Gasteiger partial charge is 0.393 e. The topological polar surface area (TPSA) is 70.5 Å². The molecule has 1 aliphatic rings. The van der Waals surface area contributed by atoms with Gasteiger partial charge in [0.1, 0.15) is 0 Å². The Morgan fingerprint density at radius 1 is 1.27 bits per heavy atom. The van der Waals surface area contributed by atoms with Crippen molar-refractivity contribution >= 4 is 20.9 Å². The molecule has 0 bridgehead atoms. The van der Waals surface area contributed by atoms with Crippen molar-refractivity contribution in [3.63, 3.8) is 0 Å². The fourth-order valence-electron chi connectivity index (χ4n) is 3.13. The Morgan fingerprint density at radius 3 is 2.82 bits per heavy atom. The van der Waals surface area contributed by atoms with E-state index < -0.39 is 16.1 Å². The lowest BCUT2D eigenvalue weighted by Gasteiger charge is -2.23. The van der Waals surface area contributed by atoms with Crippen LogP contribution in [0.4, 0.5) is 0 Å². The minimum atomic E-state index is -3.59. The Labute approximate surface area is 130 Å². The Balaban J connectivity index is 1.94. The van der Waals surface area contributed by atoms with Gasteiger partial charge < -0.3 is 5.11 Å². The monoisotopic (exact) mass is 320 g/mol. The maximum atomic E-state index is 12.9. The molecule has 1 aliphatic carbocycles. The van der Waals surface area contributed by atoms with Crippen LogP contribution in [0.3, 0.4) is 0 Å². The summed E-state index contributed by atoms with van der Waals surface area (Å²) < 4.78 is 27.1. The number of hydrogen-bond donors (Lipinski definition) is 1. The predicted molar refractivity (Wildman–Crippen MR) is 84.9 cm³/mol. The number of aliphatic hydroxyl groups is 1. The molecule has 6 heteroatoms. The summed E-state index contributed by atoms with van der Waals surface area (Å²) in [5.41, 5.74) is 0.665. The molecular formula is C16H20N2O3S. The minimum absolute atomic E-state index is 0.0212. The molecule has 2 unspecified atom stereocenters. The van der Waals surface area contributed by atoms with E-state index in [9.17, 15) is 13.5 Å². The number of pyridine rings is 1. The number of aliphatic hydroxyl groups excluding tert-OH is 1. The highest BCUT2D eigenvalue weighted by Crippen LogP contribution is 2.29. The Kier molecular flexibility index (Phi) is 4.16. The van der Waals surface area contributed by atoms with Gasteiger partial charge in [0.15, 0.2) is 0 Å². The van der Waals surface area contributed by atoms with Crippen LogP contribution in [0, 0.1) is 5.92 Å². The van der Waals surface area contributed by atoms with Crippen molar-refractivity contribution in [2.24, 2.45) is 5.92 Å². The van der Waals surface area contributed by atoms with Gasteiger partial charge in [-0.2, -0.15) is 0 Å². The van der Waals surface area contributed by atoms with Crippen molar-refractivity contribution < 1.29 is 13.5 Å². The zero-order valence-electron chi connectivity index (χ0n) is 12.5. The van der Waals surface area contributed by atoms with Gasteiger partial charge in [0.2, 0.25) is 10.0 Å². The summed E-state index contributed by atoms with van der Waals surface area (Å²) in [4.78, 5) is 4.48. The molecule has 1 aromatic heterocycles. The number of fused-ring (bicyclic) bond motifs is 1. The van der Waals surface area contributed by atoms with Crippen LogP contribution in [0.1, 0.15) is 19.3 Å². The van der Waals surface area contributed by atoms with Crippen molar-refractivity contribution in [2.45, 2.75) is 30.3 Å². The first-order chi connectivity index (χ1) is 10.5. The molecule has 0 radical (unpaired) electrons. The van der Waals surface area contributed by atoms with Gasteiger partial charge in [0.25, 0.3) is 0 Å². The Morgan fingerprint density at radius 2 is 2.09 bits per heavy atom. The van der Waals surface area contributed by atoms with E-state index in [1.807, 2.05) is 0 Å². The highest BCUT2D eigenvalue weighted by atomic mass is 32.2. The van der Waals surface area contributed by atoms with E-state index in [4.69, 9.17) is 0 Å². The van der Waals surface area contributed by atoms with E-state index >= 15 is 0 Å². The van der Waals surface area contributed by atoms with Crippen LogP contribution < -0.4 is 0 Å². The van der Waals surface area contributed by atoms with E-state index in [0.717, 1.165) is 19.3 Å². The normalized spacial score (nSPS) is 22.5. The van der Waals surface area contributed by atoms with Gasteiger partial charge in [-0.25, -0.2) is 12.7 Å². The summed E-state index contributed by atoms with van der Waals surface area (Å²) in [5, 5.41) is 10.5. The Hall–Kier alpha value is -1.50. The van der Waals surface area contributed by atoms with E-state index in [2.05, 4.69) is 4.98 Å². The fourth-order valence-corrected chi connectivity index (χ4v) is 4.55. The molecular weight excluding hydrogens is 300 g/mol. The van der Waals surface area contributed by atoms with Crippen molar-refractivity contribution in [1.82, 2.24) is 9.29 Å². The molecule has 1 aromatic carbocycles. The van der Waals surface area contributed by atoms with Crippen LogP contribution in [0.25, 0.3) is 10.9 Å². The zero-order chi connectivity index (χ0) is 15.7. The first kappa shape index (κ1) is 15.4. The van der Waals surface area contributed by atoms with Gasteiger partial charge in [-0.3, -0.25) is 4.98 Å². The molecule has 5 nitrogen and oxygen atoms in total. The zero-order valence-corrected chi connectivity index (χ0v) is 13.3. The van der Waals surface area contributed by atoms with E-state index in [0.29, 0.717) is 17.4 Å². The number of benzene rings is 1. The van der Waals surface area contributed by atoms with Gasteiger partial charge in [0.05, 0.1) is 16.5 Å². The molecule has 1 saturated carbocycles. The van der Waals surface area contributed by atoms with Crippen molar-refractivity contribution in [1.29, 1.82) is 0 Å². The molecule has 0 saturated heterocycles. The molecule has 0 amide bonds. The summed E-state index contributed by atoms with van der Waals surface area (Å²) in [6, 6.07) is 8.63. The SMILES string of the molecule is CN(CC1CCCC1O)S(=O)(=O)c1cccc2ncccc12. The van der Waals surface area contributed by atoms with Crippen LogP contribution in [0.15, 0.2) is 41.4 Å². The molecule has 1 N–H and O–H groups in total. The molecule has 1 heterocycles. The van der Waals surface area contributed by atoms with E-state index in [1.165, 1.54) is 4.31 Å². The van der Waals surface area contributed by atoms with Crippen molar-refractivity contribution in [2.75, 3.05) is 13.6 Å². The molecule has 3 rings (SSSR count). The summed E-state index contributed by atoms with van der Waals surface area (Å²) in [5.74, 6) is 0.0212. The summed E-state index contributed by atoms with van der Waals surface area (Å²) in [7, 11) is -2.02. The predicted octanol–water partition coefficient (Wildman–Crippen LogP) is 2.02. The van der Waals surface area contributed by atoms with Gasteiger partial charge >= 0.3 is 0 Å². The lowest BCUT2D eigenvalue weighted by molar-refractivity contribution is 0.123. The maximum absolute atomic E-state index is 12.9. The number of sulfonamides is 1. The van der Waals surface area contributed by atoms with Crippen LogP contribution in [0.5, 0.6) is 0 Å². The third-order valence-corrected chi connectivity index (χ3v) is 6.29. The summed E-state index contributed by atoms with van der Waals surface area (Å²) in [6.07, 6.45) is 3.84. The smallest absolute Gasteiger partial charge is 0.243 e. The Bertz CT molecular complexity index is 771. The summed E-state index contributed by atoms with van der Waals surface area (Å²) in [6.45, 7) is 0.347. The maximum Gasteiger partial charge on any atom is 0.243 e. The molecule has 2 atom stereocenters. The highest BCUT2D eigenvalue weighted by Gasteiger charge is 2.31. The van der Waals surface area contributed by atoms with E-state index in [-0.39, 0.29) is 10.8 Å². The molecule has 22 heavy (non-hydrogen) atoms. The molecule has 118 valence electrons. The van der Waals surface area contributed by atoms with Crippen molar-refractivity contribution in [3.05, 3.63) is 36.5 Å². The molecule has 2 aromatic rings. The van der Waals surface area contributed by atoms with Gasteiger partial charge in [-0.05, 0) is 43.0 Å². The van der Waals surface area contributed by atoms with Gasteiger partial charge in [0, 0.05) is 25.2 Å². The lowest BCUT2D eigenvalue weighted by Crippen LogP contribution is -2.34.